The fraction of sp³-hybridized carbons (Fsp3) is 0.167. The number of fused-ring (bicyclic) bond motifs is 1. The Balaban J connectivity index is 2.78. The molecule has 7 nitrogen and oxygen atoms in total. The van der Waals surface area contributed by atoms with Crippen LogP contribution in [0.2, 0.25) is 0 Å². The first kappa shape index (κ1) is 12.6. The van der Waals surface area contributed by atoms with Crippen LogP contribution < -0.4 is 10.5 Å². The predicted molar refractivity (Wildman–Crippen MR) is 68.7 cm³/mol. The highest BCUT2D eigenvalue weighted by Gasteiger charge is 2.18. The Hall–Kier alpha value is -2.88. The van der Waals surface area contributed by atoms with E-state index in [0.717, 1.165) is 0 Å². The molecule has 0 aliphatic heterocycles. The van der Waals surface area contributed by atoms with E-state index in [1.54, 1.807) is 6.92 Å². The molecular weight excluding hydrogens is 248 g/mol. The molecule has 0 aliphatic rings. The Kier molecular flexibility index (Phi) is 3.16. The number of nitrogens with two attached hydrogens (primary N) is 1. The molecule has 96 valence electrons. The third kappa shape index (κ3) is 2.11. The van der Waals surface area contributed by atoms with Crippen LogP contribution >= 0.6 is 0 Å². The van der Waals surface area contributed by atoms with Crippen molar-refractivity contribution in [3.8, 4) is 11.8 Å². The van der Waals surface area contributed by atoms with Crippen LogP contribution in [0.3, 0.4) is 0 Å². The first-order valence-electron chi connectivity index (χ1n) is 5.48. The second-order valence-electron chi connectivity index (χ2n) is 3.72. The molecule has 19 heavy (non-hydrogen) atoms. The topological polar surface area (TPSA) is 115 Å². The summed E-state index contributed by atoms with van der Waals surface area (Å²) < 4.78 is 5.22. The minimum atomic E-state index is -0.553. The summed E-state index contributed by atoms with van der Waals surface area (Å²) in [4.78, 5) is 14.5. The predicted octanol–water partition coefficient (Wildman–Crippen LogP) is 2.00. The zero-order chi connectivity index (χ0) is 14.0. The van der Waals surface area contributed by atoms with Crippen molar-refractivity contribution >= 4 is 22.3 Å². The standard InChI is InChI=1S/C12H10N4O3/c1-2-19-11-4-9-8(3-10(11)16(17)18)12(14)7(5-13)6-15-9/h3-4,6H,2H2,1H3,(H2,14,15). The van der Waals surface area contributed by atoms with E-state index in [2.05, 4.69) is 4.98 Å². The van der Waals surface area contributed by atoms with E-state index in [1.165, 1.54) is 18.3 Å². The Morgan fingerprint density at radius 1 is 1.58 bits per heavy atom. The van der Waals surface area contributed by atoms with E-state index >= 15 is 0 Å². The number of aromatic nitrogens is 1. The van der Waals surface area contributed by atoms with Gasteiger partial charge in [-0.1, -0.05) is 0 Å². The van der Waals surface area contributed by atoms with E-state index < -0.39 is 4.92 Å². The van der Waals surface area contributed by atoms with Gasteiger partial charge in [0.15, 0.2) is 5.75 Å². The number of hydrogen-bond acceptors (Lipinski definition) is 6. The molecule has 0 unspecified atom stereocenters. The minimum Gasteiger partial charge on any atom is -0.487 e. The lowest BCUT2D eigenvalue weighted by Gasteiger charge is -2.07. The number of rotatable bonds is 3. The molecule has 0 fully saturated rings. The van der Waals surface area contributed by atoms with Crippen molar-refractivity contribution < 1.29 is 9.66 Å². The number of ether oxygens (including phenoxy) is 1. The van der Waals surface area contributed by atoms with Gasteiger partial charge in [-0.15, -0.1) is 0 Å². The number of hydrogen-bond donors (Lipinski definition) is 1. The third-order valence-electron chi connectivity index (χ3n) is 2.61. The maximum absolute atomic E-state index is 11.0. The van der Waals surface area contributed by atoms with Gasteiger partial charge in [-0.2, -0.15) is 5.26 Å². The molecule has 0 amide bonds. The summed E-state index contributed by atoms with van der Waals surface area (Å²) in [6.07, 6.45) is 1.33. The summed E-state index contributed by atoms with van der Waals surface area (Å²) in [6.45, 7) is 2.03. The molecule has 2 rings (SSSR count). The van der Waals surface area contributed by atoms with Crippen molar-refractivity contribution in [1.29, 1.82) is 5.26 Å². The number of pyridine rings is 1. The zero-order valence-corrected chi connectivity index (χ0v) is 10.1. The number of benzene rings is 1. The van der Waals surface area contributed by atoms with Crippen LogP contribution in [0, 0.1) is 21.4 Å². The maximum Gasteiger partial charge on any atom is 0.311 e. The van der Waals surface area contributed by atoms with Crippen molar-refractivity contribution in [2.75, 3.05) is 12.3 Å². The number of nitrogens with zero attached hydrogens (tertiary/aromatic N) is 3. The molecule has 0 atom stereocenters. The van der Waals surface area contributed by atoms with Crippen LogP contribution in [0.25, 0.3) is 10.9 Å². The lowest BCUT2D eigenvalue weighted by atomic mass is 10.1. The number of nitrogen functional groups attached to an aromatic ring is 1. The average molecular weight is 258 g/mol. The summed E-state index contributed by atoms with van der Waals surface area (Å²) in [7, 11) is 0. The lowest BCUT2D eigenvalue weighted by Crippen LogP contribution is -2.00. The minimum absolute atomic E-state index is 0.136. The van der Waals surface area contributed by atoms with Gasteiger partial charge in [0, 0.05) is 23.7 Å². The molecule has 0 saturated carbocycles. The Labute approximate surface area is 108 Å². The van der Waals surface area contributed by atoms with Gasteiger partial charge in [-0.3, -0.25) is 15.1 Å². The van der Waals surface area contributed by atoms with E-state index in [9.17, 15) is 10.1 Å². The van der Waals surface area contributed by atoms with Gasteiger partial charge in [-0.05, 0) is 6.92 Å². The van der Waals surface area contributed by atoms with Crippen LogP contribution in [0.1, 0.15) is 12.5 Å². The number of anilines is 1. The van der Waals surface area contributed by atoms with Crippen molar-refractivity contribution in [2.45, 2.75) is 6.92 Å². The second kappa shape index (κ2) is 4.78. The summed E-state index contributed by atoms with van der Waals surface area (Å²) in [6, 6.07) is 4.62. The van der Waals surface area contributed by atoms with Gasteiger partial charge in [0.05, 0.1) is 28.3 Å². The van der Waals surface area contributed by atoms with Crippen LogP contribution in [-0.4, -0.2) is 16.5 Å². The molecule has 2 aromatic rings. The molecule has 0 aliphatic carbocycles. The van der Waals surface area contributed by atoms with Crippen molar-refractivity contribution in [3.63, 3.8) is 0 Å². The molecule has 0 spiro atoms. The largest absolute Gasteiger partial charge is 0.487 e. The first-order valence-corrected chi connectivity index (χ1v) is 5.48. The van der Waals surface area contributed by atoms with Crippen LogP contribution in [0.4, 0.5) is 11.4 Å². The van der Waals surface area contributed by atoms with E-state index in [4.69, 9.17) is 15.7 Å². The number of nitriles is 1. The lowest BCUT2D eigenvalue weighted by molar-refractivity contribution is -0.385. The number of nitro groups is 1. The van der Waals surface area contributed by atoms with Crippen LogP contribution in [0.5, 0.6) is 5.75 Å². The second-order valence-corrected chi connectivity index (χ2v) is 3.72. The van der Waals surface area contributed by atoms with Gasteiger partial charge in [0.1, 0.15) is 6.07 Å². The van der Waals surface area contributed by atoms with Gasteiger partial charge in [0.2, 0.25) is 0 Å². The molecule has 2 N–H and O–H groups in total. The SMILES string of the molecule is CCOc1cc2ncc(C#N)c(N)c2cc1[N+](=O)[O-]. The van der Waals surface area contributed by atoms with Crippen molar-refractivity contribution in [1.82, 2.24) is 4.98 Å². The molecule has 1 aromatic heterocycles. The van der Waals surface area contributed by atoms with E-state index in [1.807, 2.05) is 6.07 Å². The summed E-state index contributed by atoms with van der Waals surface area (Å²) >= 11 is 0. The third-order valence-corrected chi connectivity index (χ3v) is 2.61. The fourth-order valence-electron chi connectivity index (χ4n) is 1.73. The molecule has 1 heterocycles. The average Bonchev–Trinajstić information content (AvgIpc) is 2.39. The zero-order valence-electron chi connectivity index (χ0n) is 10.1. The Morgan fingerprint density at radius 2 is 2.32 bits per heavy atom. The van der Waals surface area contributed by atoms with Crippen molar-refractivity contribution in [3.05, 3.63) is 34.0 Å². The van der Waals surface area contributed by atoms with Crippen LogP contribution in [-0.2, 0) is 0 Å². The van der Waals surface area contributed by atoms with Gasteiger partial charge < -0.3 is 10.5 Å². The Bertz CT molecular complexity index is 706. The summed E-state index contributed by atoms with van der Waals surface area (Å²) in [5, 5.41) is 20.2. The normalized spacial score (nSPS) is 10.1. The monoisotopic (exact) mass is 258 g/mol. The molecule has 0 saturated heterocycles. The molecule has 1 aromatic carbocycles. The smallest absolute Gasteiger partial charge is 0.311 e. The maximum atomic E-state index is 11.0. The van der Waals surface area contributed by atoms with E-state index in [0.29, 0.717) is 17.5 Å². The number of nitro benzene ring substituents is 1. The molecular formula is C12H10N4O3. The van der Waals surface area contributed by atoms with Crippen LogP contribution in [0.15, 0.2) is 18.3 Å². The highest BCUT2D eigenvalue weighted by molar-refractivity contribution is 5.95. The molecule has 7 heteroatoms. The quantitative estimate of drug-likeness (QED) is 0.664. The first-order chi connectivity index (χ1) is 9.08. The highest BCUT2D eigenvalue weighted by atomic mass is 16.6. The molecule has 0 radical (unpaired) electrons. The Morgan fingerprint density at radius 3 is 2.89 bits per heavy atom. The summed E-state index contributed by atoms with van der Waals surface area (Å²) in [5.41, 5.74) is 6.42. The van der Waals surface area contributed by atoms with Gasteiger partial charge in [-0.25, -0.2) is 0 Å². The fourth-order valence-corrected chi connectivity index (χ4v) is 1.73. The van der Waals surface area contributed by atoms with Gasteiger partial charge in [0.25, 0.3) is 0 Å². The summed E-state index contributed by atoms with van der Waals surface area (Å²) in [5.74, 6) is 0.136. The van der Waals surface area contributed by atoms with Gasteiger partial charge >= 0.3 is 5.69 Å². The molecule has 0 bridgehead atoms. The van der Waals surface area contributed by atoms with E-state index in [-0.39, 0.29) is 22.7 Å². The highest BCUT2D eigenvalue weighted by Crippen LogP contribution is 2.34. The van der Waals surface area contributed by atoms with Crippen molar-refractivity contribution in [2.24, 2.45) is 0 Å².